The Morgan fingerprint density at radius 3 is 2.71 bits per heavy atom. The first-order chi connectivity index (χ1) is 11.3. The van der Waals surface area contributed by atoms with Crippen molar-refractivity contribution in [3.63, 3.8) is 0 Å². The van der Waals surface area contributed by atoms with Crippen LogP contribution in [0.5, 0.6) is 0 Å². The second-order valence-electron chi connectivity index (χ2n) is 4.91. The molecular weight excluding hydrogens is 365 g/mol. The van der Waals surface area contributed by atoms with E-state index in [1.165, 1.54) is 30.1 Å². The van der Waals surface area contributed by atoms with Crippen molar-refractivity contribution in [1.29, 1.82) is 0 Å². The number of hydrogen-bond acceptors (Lipinski definition) is 4. The zero-order valence-corrected chi connectivity index (χ0v) is 13.8. The number of hydrogen-bond donors (Lipinski definition) is 0. The number of fused-ring (bicyclic) bond motifs is 1. The lowest BCUT2D eigenvalue weighted by Gasteiger charge is -2.07. The van der Waals surface area contributed by atoms with Crippen molar-refractivity contribution in [1.82, 2.24) is 9.78 Å². The van der Waals surface area contributed by atoms with Crippen LogP contribution < -0.4 is 0 Å². The summed E-state index contributed by atoms with van der Waals surface area (Å²) in [5.74, 6) is -0.569. The number of halogens is 4. The van der Waals surface area contributed by atoms with E-state index in [1.807, 2.05) is 0 Å². The quantitative estimate of drug-likeness (QED) is 0.629. The normalized spacial score (nSPS) is 11.9. The Bertz CT molecular complexity index is 917. The molecule has 0 unspecified atom stereocenters. The third kappa shape index (κ3) is 2.99. The third-order valence-electron chi connectivity index (χ3n) is 3.40. The Hall–Kier alpha value is -2.06. The van der Waals surface area contributed by atoms with Crippen LogP contribution in [0.4, 0.5) is 13.2 Å². The Morgan fingerprint density at radius 2 is 2.08 bits per heavy atom. The number of carbonyl (C=O) groups is 1. The molecule has 24 heavy (non-hydrogen) atoms. The number of thiophene rings is 1. The lowest BCUT2D eigenvalue weighted by atomic mass is 10.1. The van der Waals surface area contributed by atoms with Crippen LogP contribution in [-0.4, -0.2) is 22.9 Å². The van der Waals surface area contributed by atoms with Crippen molar-refractivity contribution in [2.45, 2.75) is 12.7 Å². The number of aromatic nitrogens is 2. The minimum absolute atomic E-state index is 0.0918. The molecule has 4 nitrogen and oxygen atoms in total. The molecule has 9 heteroatoms. The molecule has 0 atom stereocenters. The highest BCUT2D eigenvalue weighted by atomic mass is 35.5. The molecule has 0 spiro atoms. The Balaban J connectivity index is 2.05. The fourth-order valence-electron chi connectivity index (χ4n) is 2.33. The van der Waals surface area contributed by atoms with Gasteiger partial charge in [-0.25, -0.2) is 4.79 Å². The van der Waals surface area contributed by atoms with Crippen molar-refractivity contribution in [3.05, 3.63) is 50.8 Å². The zero-order chi connectivity index (χ0) is 17.5. The molecule has 0 fully saturated rings. The second kappa shape index (κ2) is 6.10. The summed E-state index contributed by atoms with van der Waals surface area (Å²) in [4.78, 5) is 11.7. The highest BCUT2D eigenvalue weighted by molar-refractivity contribution is 7.12. The molecule has 3 rings (SSSR count). The van der Waals surface area contributed by atoms with Gasteiger partial charge in [0, 0.05) is 10.3 Å². The van der Waals surface area contributed by atoms with Gasteiger partial charge >= 0.3 is 12.1 Å². The van der Waals surface area contributed by atoms with Crippen LogP contribution >= 0.6 is 22.9 Å². The van der Waals surface area contributed by atoms with Crippen LogP contribution in [0, 0.1) is 0 Å². The largest absolute Gasteiger partial charge is 0.465 e. The zero-order valence-electron chi connectivity index (χ0n) is 12.2. The first-order valence-electron chi connectivity index (χ1n) is 6.69. The van der Waals surface area contributed by atoms with Gasteiger partial charge in [-0.2, -0.15) is 18.3 Å². The van der Waals surface area contributed by atoms with Crippen molar-refractivity contribution >= 4 is 39.8 Å². The number of benzene rings is 1. The molecule has 2 aromatic heterocycles. The van der Waals surface area contributed by atoms with E-state index in [0.717, 1.165) is 6.07 Å². The van der Waals surface area contributed by atoms with Crippen LogP contribution in [0.25, 0.3) is 10.9 Å². The summed E-state index contributed by atoms with van der Waals surface area (Å²) in [6, 6.07) is 5.47. The highest BCUT2D eigenvalue weighted by Gasteiger charge is 2.32. The summed E-state index contributed by atoms with van der Waals surface area (Å²) in [7, 11) is 1.25. The van der Waals surface area contributed by atoms with Crippen molar-refractivity contribution < 1.29 is 22.7 Å². The van der Waals surface area contributed by atoms with E-state index in [9.17, 15) is 18.0 Å². The number of carbonyl (C=O) groups excluding carboxylic acids is 1. The van der Waals surface area contributed by atoms with E-state index >= 15 is 0 Å². The smallest absolute Gasteiger partial charge is 0.425 e. The van der Waals surface area contributed by atoms with Gasteiger partial charge in [-0.15, -0.1) is 11.3 Å². The number of methoxy groups -OCH3 is 1. The van der Waals surface area contributed by atoms with Gasteiger partial charge in [0.15, 0.2) is 0 Å². The minimum Gasteiger partial charge on any atom is -0.465 e. The molecule has 0 saturated heterocycles. The maximum absolute atomic E-state index is 12.7. The van der Waals surface area contributed by atoms with E-state index in [4.69, 9.17) is 16.3 Å². The average Bonchev–Trinajstić information content (AvgIpc) is 3.15. The van der Waals surface area contributed by atoms with E-state index < -0.39 is 17.0 Å². The van der Waals surface area contributed by atoms with Crippen LogP contribution in [0.15, 0.2) is 30.5 Å². The first-order valence-corrected chi connectivity index (χ1v) is 7.89. The van der Waals surface area contributed by atoms with Gasteiger partial charge in [0.2, 0.25) is 0 Å². The van der Waals surface area contributed by atoms with E-state index in [1.54, 1.807) is 6.07 Å². The van der Waals surface area contributed by atoms with Crippen molar-refractivity contribution in [2.75, 3.05) is 7.11 Å². The second-order valence-corrected chi connectivity index (χ2v) is 6.49. The van der Waals surface area contributed by atoms with E-state index in [0.29, 0.717) is 32.1 Å². The number of alkyl halides is 3. The SMILES string of the molecule is COC(=O)c1ccc(Cl)c2cnn(Cc3ccc(C(F)(F)F)s3)c12. The van der Waals surface area contributed by atoms with E-state index in [2.05, 4.69) is 5.10 Å². The predicted molar refractivity (Wildman–Crippen MR) is 84.5 cm³/mol. The Kier molecular flexibility index (Phi) is 4.27. The van der Waals surface area contributed by atoms with Gasteiger partial charge in [0.25, 0.3) is 0 Å². The molecule has 0 amide bonds. The summed E-state index contributed by atoms with van der Waals surface area (Å²) in [5, 5.41) is 5.08. The van der Waals surface area contributed by atoms with Crippen molar-refractivity contribution in [2.24, 2.45) is 0 Å². The van der Waals surface area contributed by atoms with E-state index in [-0.39, 0.29) is 12.1 Å². The molecule has 0 aliphatic heterocycles. The van der Waals surface area contributed by atoms with Crippen LogP contribution in [-0.2, 0) is 17.5 Å². The molecule has 3 aromatic rings. The van der Waals surface area contributed by atoms with Gasteiger partial charge in [0.1, 0.15) is 4.88 Å². The van der Waals surface area contributed by atoms with Crippen molar-refractivity contribution in [3.8, 4) is 0 Å². The predicted octanol–water partition coefficient (Wildman–Crippen LogP) is 4.60. The van der Waals surface area contributed by atoms with Crippen LogP contribution in [0.3, 0.4) is 0 Å². The highest BCUT2D eigenvalue weighted by Crippen LogP contribution is 2.35. The summed E-state index contributed by atoms with van der Waals surface area (Å²) in [5.41, 5.74) is 0.679. The van der Waals surface area contributed by atoms with Gasteiger partial charge in [-0.05, 0) is 24.3 Å². The topological polar surface area (TPSA) is 44.1 Å². The summed E-state index contributed by atoms with van der Waals surface area (Å²) in [6.07, 6.45) is -2.90. The number of ether oxygens (including phenoxy) is 1. The molecule has 0 saturated carbocycles. The van der Waals surface area contributed by atoms with Gasteiger partial charge in [-0.1, -0.05) is 11.6 Å². The van der Waals surface area contributed by atoms with Gasteiger partial charge in [-0.3, -0.25) is 4.68 Å². The number of rotatable bonds is 3. The van der Waals surface area contributed by atoms with Crippen LogP contribution in [0.1, 0.15) is 20.1 Å². The molecule has 126 valence electrons. The molecule has 0 aliphatic rings. The number of esters is 1. The lowest BCUT2D eigenvalue weighted by Crippen LogP contribution is -2.07. The van der Waals surface area contributed by atoms with Crippen LogP contribution in [0.2, 0.25) is 5.02 Å². The standard InChI is InChI=1S/C15H10ClF3N2O2S/c1-23-14(22)9-3-4-11(16)10-6-20-21(13(9)10)7-8-2-5-12(24-8)15(17,18)19/h2-6H,7H2,1H3. The summed E-state index contributed by atoms with van der Waals surface area (Å²) < 4.78 is 44.3. The molecule has 0 aliphatic carbocycles. The van der Waals surface area contributed by atoms with Gasteiger partial charge in [0.05, 0.1) is 36.0 Å². The third-order valence-corrected chi connectivity index (χ3v) is 4.84. The average molecular weight is 375 g/mol. The maximum atomic E-state index is 12.7. The molecular formula is C15H10ClF3N2O2S. The monoisotopic (exact) mass is 374 g/mol. The minimum atomic E-state index is -4.38. The molecule has 2 heterocycles. The number of nitrogens with zero attached hydrogens (tertiary/aromatic N) is 2. The Morgan fingerprint density at radius 1 is 1.33 bits per heavy atom. The lowest BCUT2D eigenvalue weighted by molar-refractivity contribution is -0.134. The fourth-order valence-corrected chi connectivity index (χ4v) is 3.39. The summed E-state index contributed by atoms with van der Waals surface area (Å²) in [6.45, 7) is 0.0918. The molecule has 0 bridgehead atoms. The molecule has 0 N–H and O–H groups in total. The molecule has 1 aromatic carbocycles. The maximum Gasteiger partial charge on any atom is 0.425 e. The first kappa shape index (κ1) is 16.8. The Labute approximate surface area is 143 Å². The summed E-state index contributed by atoms with van der Waals surface area (Å²) >= 11 is 6.74. The molecule has 0 radical (unpaired) electrons. The van der Waals surface area contributed by atoms with Gasteiger partial charge < -0.3 is 4.74 Å². The fraction of sp³-hybridized carbons (Fsp3) is 0.200.